The molecule has 0 aliphatic carbocycles. The Hall–Kier alpha value is -2.18. The number of nitrogens with two attached hydrogens (primary N) is 1. The maximum absolute atomic E-state index is 11.0. The van der Waals surface area contributed by atoms with Gasteiger partial charge in [-0.05, 0) is 42.5 Å². The predicted octanol–water partition coefficient (Wildman–Crippen LogP) is 2.64. The summed E-state index contributed by atoms with van der Waals surface area (Å²) in [5, 5.41) is 6.83. The van der Waals surface area contributed by atoms with Crippen LogP contribution in [-0.2, 0) is 0 Å². The van der Waals surface area contributed by atoms with Crippen LogP contribution in [0, 0.1) is 0 Å². The van der Waals surface area contributed by atoms with Gasteiger partial charge in [0.15, 0.2) is 5.11 Å². The van der Waals surface area contributed by atoms with Gasteiger partial charge in [0.1, 0.15) is 0 Å². The average Bonchev–Trinajstić information content (AvgIpc) is 2.39. The number of nitrogens with one attached hydrogen (secondary N) is 2. The summed E-state index contributed by atoms with van der Waals surface area (Å²) in [5.41, 5.74) is 7.03. The molecule has 1 aromatic heterocycles. The maximum Gasteiger partial charge on any atom is 0.248 e. The summed E-state index contributed by atoms with van der Waals surface area (Å²) in [5.74, 6) is -0.470. The molecule has 0 saturated heterocycles. The van der Waals surface area contributed by atoms with Gasteiger partial charge in [0, 0.05) is 17.4 Å². The van der Waals surface area contributed by atoms with Gasteiger partial charge in [-0.2, -0.15) is 0 Å². The lowest BCUT2D eigenvalue weighted by Crippen LogP contribution is -2.19. The Balaban J connectivity index is 1.99. The second-order valence-electron chi connectivity index (χ2n) is 3.91. The maximum atomic E-state index is 11.0. The molecular weight excluding hydrogens is 296 g/mol. The topological polar surface area (TPSA) is 80.0 Å². The first kappa shape index (κ1) is 14.2. The zero-order valence-electron chi connectivity index (χ0n) is 10.3. The zero-order chi connectivity index (χ0) is 14.5. The second-order valence-corrected chi connectivity index (χ2v) is 4.76. The quantitative estimate of drug-likeness (QED) is 0.760. The summed E-state index contributed by atoms with van der Waals surface area (Å²) >= 11 is 11.0. The van der Waals surface area contributed by atoms with E-state index in [9.17, 15) is 4.79 Å². The van der Waals surface area contributed by atoms with Crippen molar-refractivity contribution in [3.8, 4) is 0 Å². The molecule has 2 rings (SSSR count). The minimum absolute atomic E-state index is 0.390. The van der Waals surface area contributed by atoms with E-state index >= 15 is 0 Å². The summed E-state index contributed by atoms with van der Waals surface area (Å²) < 4.78 is 0. The second kappa shape index (κ2) is 6.31. The van der Waals surface area contributed by atoms with Gasteiger partial charge in [0.25, 0.3) is 0 Å². The molecule has 2 aromatic rings. The van der Waals surface area contributed by atoms with Crippen molar-refractivity contribution in [1.29, 1.82) is 0 Å². The van der Waals surface area contributed by atoms with Gasteiger partial charge >= 0.3 is 0 Å². The highest BCUT2D eigenvalue weighted by Crippen LogP contribution is 2.14. The number of carbonyl (C=O) groups excluding carboxylic acids is 1. The van der Waals surface area contributed by atoms with Crippen molar-refractivity contribution < 1.29 is 4.79 Å². The number of halogens is 1. The van der Waals surface area contributed by atoms with Crippen molar-refractivity contribution in [2.45, 2.75) is 0 Å². The number of hydrogen-bond donors (Lipinski definition) is 3. The van der Waals surface area contributed by atoms with E-state index in [-0.39, 0.29) is 0 Å². The molecule has 0 aliphatic rings. The van der Waals surface area contributed by atoms with Gasteiger partial charge < -0.3 is 16.4 Å². The van der Waals surface area contributed by atoms with Crippen LogP contribution in [0.25, 0.3) is 0 Å². The fourth-order valence-corrected chi connectivity index (χ4v) is 1.90. The SMILES string of the molecule is NC(=O)c1ccc(NC(=S)Nc2cncc(Cl)c2)cc1. The normalized spacial score (nSPS) is 9.85. The molecule has 0 bridgehead atoms. The lowest BCUT2D eigenvalue weighted by atomic mass is 10.2. The van der Waals surface area contributed by atoms with E-state index in [4.69, 9.17) is 29.6 Å². The predicted molar refractivity (Wildman–Crippen MR) is 84.1 cm³/mol. The highest BCUT2D eigenvalue weighted by atomic mass is 35.5. The number of thiocarbonyl (C=S) groups is 1. The van der Waals surface area contributed by atoms with Crippen LogP contribution < -0.4 is 16.4 Å². The molecule has 0 atom stereocenters. The van der Waals surface area contributed by atoms with E-state index in [1.807, 2.05) is 0 Å². The van der Waals surface area contributed by atoms with Crippen LogP contribution in [0.5, 0.6) is 0 Å². The van der Waals surface area contributed by atoms with Crippen molar-refractivity contribution in [3.05, 3.63) is 53.3 Å². The lowest BCUT2D eigenvalue weighted by Gasteiger charge is -2.10. The van der Waals surface area contributed by atoms with Gasteiger partial charge in [-0.25, -0.2) is 0 Å². The third-order valence-electron chi connectivity index (χ3n) is 2.39. The molecule has 0 radical (unpaired) electrons. The third-order valence-corrected chi connectivity index (χ3v) is 2.80. The molecule has 0 spiro atoms. The monoisotopic (exact) mass is 306 g/mol. The van der Waals surface area contributed by atoms with Gasteiger partial charge in [0.05, 0.1) is 16.9 Å². The van der Waals surface area contributed by atoms with Gasteiger partial charge in [0.2, 0.25) is 5.91 Å². The van der Waals surface area contributed by atoms with Crippen LogP contribution in [0.15, 0.2) is 42.7 Å². The van der Waals surface area contributed by atoms with E-state index in [0.29, 0.717) is 21.4 Å². The molecule has 0 aliphatic heterocycles. The number of amides is 1. The Morgan fingerprint density at radius 1 is 1.15 bits per heavy atom. The fraction of sp³-hybridized carbons (Fsp3) is 0. The molecule has 1 amide bonds. The fourth-order valence-electron chi connectivity index (χ4n) is 1.49. The summed E-state index contributed by atoms with van der Waals surface area (Å²) in [6.45, 7) is 0. The number of pyridine rings is 1. The number of primary amides is 1. The van der Waals surface area contributed by atoms with Crippen LogP contribution in [-0.4, -0.2) is 16.0 Å². The van der Waals surface area contributed by atoms with Crippen molar-refractivity contribution in [2.24, 2.45) is 5.73 Å². The minimum atomic E-state index is -0.470. The molecule has 0 saturated carbocycles. The van der Waals surface area contributed by atoms with Gasteiger partial charge in [-0.3, -0.25) is 9.78 Å². The standard InChI is InChI=1S/C13H11ClN4OS/c14-9-5-11(7-16-6-9)18-13(20)17-10-3-1-8(2-4-10)12(15)19/h1-7H,(H2,15,19)(H2,17,18,20). The van der Waals surface area contributed by atoms with Crippen molar-refractivity contribution in [2.75, 3.05) is 10.6 Å². The smallest absolute Gasteiger partial charge is 0.248 e. The molecular formula is C13H11ClN4OS. The summed E-state index contributed by atoms with van der Waals surface area (Å²) in [6.07, 6.45) is 3.14. The summed E-state index contributed by atoms with van der Waals surface area (Å²) in [6, 6.07) is 8.37. The Kier molecular flexibility index (Phi) is 4.49. The molecule has 0 fully saturated rings. The lowest BCUT2D eigenvalue weighted by molar-refractivity contribution is 0.100. The number of carbonyl (C=O) groups is 1. The molecule has 5 nitrogen and oxygen atoms in total. The molecule has 0 unspecified atom stereocenters. The van der Waals surface area contributed by atoms with E-state index in [0.717, 1.165) is 5.69 Å². The van der Waals surface area contributed by atoms with Crippen LogP contribution in [0.3, 0.4) is 0 Å². The largest absolute Gasteiger partial charge is 0.366 e. The average molecular weight is 307 g/mol. The Bertz CT molecular complexity index is 645. The van der Waals surface area contributed by atoms with Gasteiger partial charge in [-0.1, -0.05) is 11.6 Å². The number of anilines is 2. The Morgan fingerprint density at radius 3 is 2.40 bits per heavy atom. The zero-order valence-corrected chi connectivity index (χ0v) is 11.8. The molecule has 1 heterocycles. The number of hydrogen-bond acceptors (Lipinski definition) is 3. The van der Waals surface area contributed by atoms with Crippen LogP contribution >= 0.6 is 23.8 Å². The highest BCUT2D eigenvalue weighted by molar-refractivity contribution is 7.80. The number of rotatable bonds is 3. The highest BCUT2D eigenvalue weighted by Gasteiger charge is 2.02. The molecule has 4 N–H and O–H groups in total. The molecule has 20 heavy (non-hydrogen) atoms. The molecule has 1 aromatic carbocycles. The first-order valence-corrected chi connectivity index (χ1v) is 6.41. The molecule has 102 valence electrons. The van der Waals surface area contributed by atoms with Crippen LogP contribution in [0.1, 0.15) is 10.4 Å². The van der Waals surface area contributed by atoms with E-state index in [1.54, 1.807) is 36.5 Å². The van der Waals surface area contributed by atoms with Crippen LogP contribution in [0.4, 0.5) is 11.4 Å². The van der Waals surface area contributed by atoms with Crippen molar-refractivity contribution in [1.82, 2.24) is 4.98 Å². The summed E-state index contributed by atoms with van der Waals surface area (Å²) in [7, 11) is 0. The van der Waals surface area contributed by atoms with Crippen molar-refractivity contribution >= 4 is 46.2 Å². The number of aromatic nitrogens is 1. The first-order chi connectivity index (χ1) is 9.54. The van der Waals surface area contributed by atoms with E-state index < -0.39 is 5.91 Å². The van der Waals surface area contributed by atoms with Crippen LogP contribution in [0.2, 0.25) is 5.02 Å². The Labute approximate surface area is 126 Å². The number of benzene rings is 1. The Morgan fingerprint density at radius 2 is 1.80 bits per heavy atom. The number of nitrogens with zero attached hydrogens (tertiary/aromatic N) is 1. The van der Waals surface area contributed by atoms with E-state index in [1.165, 1.54) is 6.20 Å². The first-order valence-electron chi connectivity index (χ1n) is 5.63. The van der Waals surface area contributed by atoms with Gasteiger partial charge in [-0.15, -0.1) is 0 Å². The molecule has 7 heteroatoms. The van der Waals surface area contributed by atoms with Crippen molar-refractivity contribution in [3.63, 3.8) is 0 Å². The minimum Gasteiger partial charge on any atom is -0.366 e. The third kappa shape index (κ3) is 3.91. The van der Waals surface area contributed by atoms with E-state index in [2.05, 4.69) is 15.6 Å². The summed E-state index contributed by atoms with van der Waals surface area (Å²) in [4.78, 5) is 14.9.